The molecule has 2 aromatic carbocycles. The van der Waals surface area contributed by atoms with E-state index in [0.717, 1.165) is 18.4 Å². The summed E-state index contributed by atoms with van der Waals surface area (Å²) >= 11 is 0. The molecule has 0 spiro atoms. The molecular formula is C24H28N2O6S. The van der Waals surface area contributed by atoms with E-state index in [-0.39, 0.29) is 29.6 Å². The van der Waals surface area contributed by atoms with E-state index in [1.165, 1.54) is 18.5 Å². The molecule has 1 atom stereocenters. The summed E-state index contributed by atoms with van der Waals surface area (Å²) in [6, 6.07) is 11.9. The summed E-state index contributed by atoms with van der Waals surface area (Å²) in [6.07, 6.45) is 1.47. The van der Waals surface area contributed by atoms with Crippen LogP contribution in [0.1, 0.15) is 24.0 Å². The van der Waals surface area contributed by atoms with Gasteiger partial charge in [-0.25, -0.2) is 8.42 Å². The molecule has 1 N–H and O–H groups in total. The summed E-state index contributed by atoms with van der Waals surface area (Å²) in [5, 5.41) is 0.715. The number of aromatic amines is 1. The molecule has 33 heavy (non-hydrogen) atoms. The second kappa shape index (κ2) is 9.54. The molecule has 8 nitrogen and oxygen atoms in total. The molecule has 4 rings (SSSR count). The maximum atomic E-state index is 13.5. The number of aryl methyl sites for hydroxylation is 1. The molecule has 1 aliphatic heterocycles. The van der Waals surface area contributed by atoms with Crippen LogP contribution in [0.2, 0.25) is 0 Å². The lowest BCUT2D eigenvalue weighted by atomic mass is 10.1. The van der Waals surface area contributed by atoms with Gasteiger partial charge in [-0.3, -0.25) is 4.79 Å². The summed E-state index contributed by atoms with van der Waals surface area (Å²) in [7, 11) is -0.783. The zero-order valence-corrected chi connectivity index (χ0v) is 19.8. The highest BCUT2D eigenvalue weighted by atomic mass is 32.2. The molecule has 0 saturated carbocycles. The van der Waals surface area contributed by atoms with Crippen molar-refractivity contribution in [1.29, 1.82) is 0 Å². The topological polar surface area (TPSA) is 97.9 Å². The predicted octanol–water partition coefficient (Wildman–Crippen LogP) is 3.22. The molecule has 2 heterocycles. The van der Waals surface area contributed by atoms with E-state index in [4.69, 9.17) is 14.2 Å². The SMILES string of the molecule is COc1cc2cc(CN(CC3CCCO3)S(=O)(=O)c3ccc(C)cc3)c(=O)[nH]c2cc1OC. The number of hydrogen-bond donors (Lipinski definition) is 1. The van der Waals surface area contributed by atoms with Crippen LogP contribution in [-0.2, 0) is 21.3 Å². The maximum Gasteiger partial charge on any atom is 0.252 e. The van der Waals surface area contributed by atoms with Crippen LogP contribution in [0.15, 0.2) is 52.2 Å². The van der Waals surface area contributed by atoms with Crippen LogP contribution < -0.4 is 15.0 Å². The summed E-state index contributed by atoms with van der Waals surface area (Å²) in [5.74, 6) is 1.02. The van der Waals surface area contributed by atoms with Gasteiger partial charge in [0.1, 0.15) is 0 Å². The van der Waals surface area contributed by atoms with Gasteiger partial charge in [-0.2, -0.15) is 4.31 Å². The monoisotopic (exact) mass is 472 g/mol. The van der Waals surface area contributed by atoms with Crippen LogP contribution in [0.4, 0.5) is 0 Å². The van der Waals surface area contributed by atoms with E-state index < -0.39 is 10.0 Å². The smallest absolute Gasteiger partial charge is 0.252 e. The number of H-pyrrole nitrogens is 1. The van der Waals surface area contributed by atoms with E-state index in [1.807, 2.05) is 6.92 Å². The van der Waals surface area contributed by atoms with Crippen molar-refractivity contribution in [2.24, 2.45) is 0 Å². The largest absolute Gasteiger partial charge is 0.493 e. The first kappa shape index (κ1) is 23.3. The fourth-order valence-corrected chi connectivity index (χ4v) is 5.46. The van der Waals surface area contributed by atoms with Gasteiger partial charge in [-0.1, -0.05) is 17.7 Å². The molecule has 1 saturated heterocycles. The highest BCUT2D eigenvalue weighted by Crippen LogP contribution is 2.31. The molecule has 0 bridgehead atoms. The number of benzene rings is 2. The van der Waals surface area contributed by atoms with Crippen molar-refractivity contribution in [3.05, 3.63) is 63.9 Å². The molecule has 176 valence electrons. The van der Waals surface area contributed by atoms with Crippen LogP contribution in [0.25, 0.3) is 10.9 Å². The van der Waals surface area contributed by atoms with E-state index in [2.05, 4.69) is 4.98 Å². The van der Waals surface area contributed by atoms with Gasteiger partial charge in [0.25, 0.3) is 5.56 Å². The van der Waals surface area contributed by atoms with Crippen LogP contribution in [0.3, 0.4) is 0 Å². The summed E-state index contributed by atoms with van der Waals surface area (Å²) in [4.78, 5) is 15.9. The summed E-state index contributed by atoms with van der Waals surface area (Å²) in [6.45, 7) is 2.62. The second-order valence-electron chi connectivity index (χ2n) is 8.16. The third-order valence-corrected chi connectivity index (χ3v) is 7.69. The fraction of sp³-hybridized carbons (Fsp3) is 0.375. The van der Waals surface area contributed by atoms with Gasteiger partial charge in [-0.15, -0.1) is 0 Å². The van der Waals surface area contributed by atoms with Crippen LogP contribution in [-0.4, -0.2) is 51.2 Å². The zero-order valence-electron chi connectivity index (χ0n) is 19.0. The Balaban J connectivity index is 1.74. The Morgan fingerprint density at radius 2 is 1.79 bits per heavy atom. The molecule has 9 heteroatoms. The zero-order chi connectivity index (χ0) is 23.6. The number of methoxy groups -OCH3 is 2. The van der Waals surface area contributed by atoms with E-state index in [1.54, 1.807) is 42.5 Å². The van der Waals surface area contributed by atoms with Gasteiger partial charge in [0.05, 0.1) is 30.7 Å². The molecule has 0 radical (unpaired) electrons. The lowest BCUT2D eigenvalue weighted by Crippen LogP contribution is -2.38. The Morgan fingerprint density at radius 1 is 1.09 bits per heavy atom. The number of fused-ring (bicyclic) bond motifs is 1. The fourth-order valence-electron chi connectivity index (χ4n) is 4.01. The standard InChI is InChI=1S/C24H28N2O6S/c1-16-6-8-20(9-7-16)33(28,29)26(15-19-5-4-10-32-19)14-18-11-17-12-22(30-2)23(31-3)13-21(17)25-24(18)27/h6-9,11-13,19H,4-5,10,14-15H2,1-3H3,(H,25,27). The molecule has 0 aliphatic carbocycles. The lowest BCUT2D eigenvalue weighted by molar-refractivity contribution is 0.0925. The molecule has 0 amide bonds. The maximum absolute atomic E-state index is 13.5. The second-order valence-corrected chi connectivity index (χ2v) is 10.1. The summed E-state index contributed by atoms with van der Waals surface area (Å²) < 4.78 is 44.7. The van der Waals surface area contributed by atoms with Gasteiger partial charge < -0.3 is 19.2 Å². The Hall–Kier alpha value is -2.88. The average Bonchev–Trinajstić information content (AvgIpc) is 3.31. The highest BCUT2D eigenvalue weighted by molar-refractivity contribution is 7.89. The normalized spacial score (nSPS) is 16.4. The molecule has 1 aromatic heterocycles. The number of pyridine rings is 1. The first-order chi connectivity index (χ1) is 15.8. The quantitative estimate of drug-likeness (QED) is 0.541. The Labute approximate surface area is 193 Å². The first-order valence-corrected chi connectivity index (χ1v) is 12.2. The van der Waals surface area contributed by atoms with Crippen molar-refractivity contribution in [3.8, 4) is 11.5 Å². The van der Waals surface area contributed by atoms with Crippen LogP contribution in [0, 0.1) is 6.92 Å². The van der Waals surface area contributed by atoms with Crippen LogP contribution >= 0.6 is 0 Å². The van der Waals surface area contributed by atoms with E-state index >= 15 is 0 Å². The van der Waals surface area contributed by atoms with Gasteiger partial charge in [0.15, 0.2) is 11.5 Å². The van der Waals surface area contributed by atoms with Gasteiger partial charge in [0, 0.05) is 36.7 Å². The van der Waals surface area contributed by atoms with Crippen molar-refractivity contribution in [1.82, 2.24) is 9.29 Å². The van der Waals surface area contributed by atoms with Crippen molar-refractivity contribution >= 4 is 20.9 Å². The van der Waals surface area contributed by atoms with Crippen molar-refractivity contribution in [2.75, 3.05) is 27.4 Å². The minimum absolute atomic E-state index is 0.0737. The van der Waals surface area contributed by atoms with Gasteiger partial charge >= 0.3 is 0 Å². The number of hydrogen-bond acceptors (Lipinski definition) is 6. The van der Waals surface area contributed by atoms with E-state index in [9.17, 15) is 13.2 Å². The number of sulfonamides is 1. The number of rotatable bonds is 8. The molecule has 1 unspecified atom stereocenters. The lowest BCUT2D eigenvalue weighted by Gasteiger charge is -2.25. The van der Waals surface area contributed by atoms with E-state index in [0.29, 0.717) is 34.6 Å². The van der Waals surface area contributed by atoms with Gasteiger partial charge in [0.2, 0.25) is 10.0 Å². The number of aromatic nitrogens is 1. The Morgan fingerprint density at radius 3 is 2.42 bits per heavy atom. The molecule has 3 aromatic rings. The van der Waals surface area contributed by atoms with Crippen LogP contribution in [0.5, 0.6) is 11.5 Å². The molecule has 1 fully saturated rings. The molecule has 1 aliphatic rings. The number of ether oxygens (including phenoxy) is 3. The minimum Gasteiger partial charge on any atom is -0.493 e. The van der Waals surface area contributed by atoms with Gasteiger partial charge in [-0.05, 0) is 44.0 Å². The van der Waals surface area contributed by atoms with Crippen molar-refractivity contribution < 1.29 is 22.6 Å². The first-order valence-electron chi connectivity index (χ1n) is 10.8. The third-order valence-electron chi connectivity index (χ3n) is 5.86. The number of nitrogens with one attached hydrogen (secondary N) is 1. The average molecular weight is 473 g/mol. The third kappa shape index (κ3) is 4.90. The predicted molar refractivity (Wildman–Crippen MR) is 125 cm³/mol. The Kier molecular flexibility index (Phi) is 6.73. The Bertz CT molecular complexity index is 1300. The van der Waals surface area contributed by atoms with Crippen molar-refractivity contribution in [2.45, 2.75) is 37.3 Å². The minimum atomic E-state index is -3.84. The molecular weight excluding hydrogens is 444 g/mol. The van der Waals surface area contributed by atoms with Crippen molar-refractivity contribution in [3.63, 3.8) is 0 Å². The highest BCUT2D eigenvalue weighted by Gasteiger charge is 2.30. The summed E-state index contributed by atoms with van der Waals surface area (Å²) in [5.41, 5.74) is 1.53. The number of nitrogens with zero attached hydrogens (tertiary/aromatic N) is 1.